The van der Waals surface area contributed by atoms with E-state index in [1.165, 1.54) is 0 Å². The lowest BCUT2D eigenvalue weighted by Crippen LogP contribution is -2.34. The molecule has 0 atom stereocenters. The van der Waals surface area contributed by atoms with Crippen LogP contribution in [-0.2, 0) is 4.79 Å². The van der Waals surface area contributed by atoms with Crippen LogP contribution in [0.5, 0.6) is 0 Å². The first-order valence-corrected chi connectivity index (χ1v) is 7.02. The van der Waals surface area contributed by atoms with Gasteiger partial charge in [-0.1, -0.05) is 6.07 Å². The van der Waals surface area contributed by atoms with Crippen molar-refractivity contribution in [2.24, 2.45) is 0 Å². The maximum Gasteiger partial charge on any atom is 0.256 e. The van der Waals surface area contributed by atoms with Gasteiger partial charge in [-0.3, -0.25) is 9.59 Å². The number of aryl methyl sites for hydroxylation is 1. The van der Waals surface area contributed by atoms with Gasteiger partial charge in [0.1, 0.15) is 0 Å². The number of carbonyl (C=O) groups excluding carboxylic acids is 2. The SMILES string of the molecule is CCNc1cc(C)ccc1C(=O)N1CCNC(=O)CC1. The van der Waals surface area contributed by atoms with Crippen LogP contribution in [0.15, 0.2) is 18.2 Å². The number of carbonyl (C=O) groups is 2. The van der Waals surface area contributed by atoms with Gasteiger partial charge in [0, 0.05) is 38.3 Å². The Morgan fingerprint density at radius 1 is 1.40 bits per heavy atom. The maximum absolute atomic E-state index is 12.6. The van der Waals surface area contributed by atoms with Crippen molar-refractivity contribution < 1.29 is 9.59 Å². The summed E-state index contributed by atoms with van der Waals surface area (Å²) in [6.07, 6.45) is 0.369. The minimum absolute atomic E-state index is 0.0103. The average molecular weight is 275 g/mol. The summed E-state index contributed by atoms with van der Waals surface area (Å²) in [5.41, 5.74) is 2.65. The molecule has 1 aliphatic heterocycles. The predicted octanol–water partition coefficient (Wildman–Crippen LogP) is 1.39. The Bertz CT molecular complexity index is 514. The average Bonchev–Trinajstić information content (AvgIpc) is 2.63. The van der Waals surface area contributed by atoms with Crippen LogP contribution in [0.4, 0.5) is 5.69 Å². The molecule has 0 aliphatic carbocycles. The maximum atomic E-state index is 12.6. The summed E-state index contributed by atoms with van der Waals surface area (Å²) in [6, 6.07) is 5.78. The standard InChI is InChI=1S/C15H21N3O2/c1-3-16-13-10-11(2)4-5-12(13)15(20)18-8-6-14(19)17-7-9-18/h4-5,10,16H,3,6-9H2,1-2H3,(H,17,19). The Morgan fingerprint density at radius 3 is 2.95 bits per heavy atom. The molecule has 0 unspecified atom stereocenters. The number of anilines is 1. The molecule has 1 fully saturated rings. The summed E-state index contributed by atoms with van der Waals surface area (Å²) >= 11 is 0. The first-order chi connectivity index (χ1) is 9.61. The second-order valence-electron chi connectivity index (χ2n) is 4.97. The quantitative estimate of drug-likeness (QED) is 0.876. The largest absolute Gasteiger partial charge is 0.385 e. The van der Waals surface area contributed by atoms with Gasteiger partial charge in [-0.15, -0.1) is 0 Å². The Hall–Kier alpha value is -2.04. The van der Waals surface area contributed by atoms with E-state index in [2.05, 4.69) is 10.6 Å². The summed E-state index contributed by atoms with van der Waals surface area (Å²) in [5, 5.41) is 6.01. The lowest BCUT2D eigenvalue weighted by atomic mass is 10.1. The zero-order chi connectivity index (χ0) is 14.5. The van der Waals surface area contributed by atoms with Crippen molar-refractivity contribution in [1.29, 1.82) is 0 Å². The number of rotatable bonds is 3. The zero-order valence-electron chi connectivity index (χ0n) is 12.0. The monoisotopic (exact) mass is 275 g/mol. The van der Waals surface area contributed by atoms with Crippen LogP contribution in [-0.4, -0.2) is 42.9 Å². The van der Waals surface area contributed by atoms with Gasteiger partial charge in [-0.25, -0.2) is 0 Å². The molecule has 2 rings (SSSR count). The molecule has 20 heavy (non-hydrogen) atoms. The highest BCUT2D eigenvalue weighted by Crippen LogP contribution is 2.20. The van der Waals surface area contributed by atoms with Gasteiger partial charge in [-0.2, -0.15) is 0 Å². The molecule has 1 aromatic rings. The highest BCUT2D eigenvalue weighted by molar-refractivity contribution is 6.00. The fourth-order valence-electron chi connectivity index (χ4n) is 2.32. The molecule has 1 aliphatic rings. The van der Waals surface area contributed by atoms with Crippen molar-refractivity contribution in [2.45, 2.75) is 20.3 Å². The van der Waals surface area contributed by atoms with E-state index in [0.717, 1.165) is 17.8 Å². The van der Waals surface area contributed by atoms with Crippen molar-refractivity contribution in [3.8, 4) is 0 Å². The summed E-state index contributed by atoms with van der Waals surface area (Å²) in [4.78, 5) is 25.7. The molecule has 2 N–H and O–H groups in total. The predicted molar refractivity (Wildman–Crippen MR) is 78.9 cm³/mol. The molecule has 0 spiro atoms. The van der Waals surface area contributed by atoms with Gasteiger partial charge < -0.3 is 15.5 Å². The molecule has 1 aromatic carbocycles. The number of benzene rings is 1. The van der Waals surface area contributed by atoms with E-state index in [1.54, 1.807) is 4.90 Å². The van der Waals surface area contributed by atoms with Gasteiger partial charge >= 0.3 is 0 Å². The third kappa shape index (κ3) is 3.29. The zero-order valence-corrected chi connectivity index (χ0v) is 12.0. The van der Waals surface area contributed by atoms with Crippen LogP contribution in [0.25, 0.3) is 0 Å². The fraction of sp³-hybridized carbons (Fsp3) is 0.467. The Morgan fingerprint density at radius 2 is 2.20 bits per heavy atom. The number of amides is 2. The molecule has 1 heterocycles. The summed E-state index contributed by atoms with van der Waals surface area (Å²) in [7, 11) is 0. The van der Waals surface area contributed by atoms with Crippen molar-refractivity contribution in [2.75, 3.05) is 31.5 Å². The Kier molecular flexibility index (Phi) is 4.61. The summed E-state index contributed by atoms with van der Waals surface area (Å²) in [5.74, 6) is -0.00596. The first-order valence-electron chi connectivity index (χ1n) is 7.02. The molecule has 0 saturated carbocycles. The van der Waals surface area contributed by atoms with Crippen LogP contribution >= 0.6 is 0 Å². The molecular formula is C15H21N3O2. The molecule has 2 amide bonds. The third-order valence-electron chi connectivity index (χ3n) is 3.37. The van der Waals surface area contributed by atoms with Crippen LogP contribution < -0.4 is 10.6 Å². The second kappa shape index (κ2) is 6.41. The smallest absolute Gasteiger partial charge is 0.256 e. The van der Waals surface area contributed by atoms with Crippen LogP contribution in [0.1, 0.15) is 29.3 Å². The number of nitrogens with zero attached hydrogens (tertiary/aromatic N) is 1. The van der Waals surface area contributed by atoms with E-state index in [9.17, 15) is 9.59 Å². The van der Waals surface area contributed by atoms with E-state index in [1.807, 2.05) is 32.0 Å². The normalized spacial score (nSPS) is 15.5. The lowest BCUT2D eigenvalue weighted by molar-refractivity contribution is -0.120. The molecule has 108 valence electrons. The Balaban J connectivity index is 2.21. The van der Waals surface area contributed by atoms with E-state index in [-0.39, 0.29) is 11.8 Å². The lowest BCUT2D eigenvalue weighted by Gasteiger charge is -2.21. The summed E-state index contributed by atoms with van der Waals surface area (Å²) in [6.45, 7) is 6.33. The van der Waals surface area contributed by atoms with E-state index >= 15 is 0 Å². The highest BCUT2D eigenvalue weighted by atomic mass is 16.2. The molecular weight excluding hydrogens is 254 g/mol. The van der Waals surface area contributed by atoms with Gasteiger partial charge in [0.25, 0.3) is 5.91 Å². The molecule has 5 heteroatoms. The summed E-state index contributed by atoms with van der Waals surface area (Å²) < 4.78 is 0. The second-order valence-corrected chi connectivity index (χ2v) is 4.97. The van der Waals surface area contributed by atoms with Gasteiger partial charge in [0.05, 0.1) is 5.56 Å². The Labute approximate surface area is 119 Å². The fourth-order valence-corrected chi connectivity index (χ4v) is 2.32. The third-order valence-corrected chi connectivity index (χ3v) is 3.37. The molecule has 0 bridgehead atoms. The van der Waals surface area contributed by atoms with E-state index in [0.29, 0.717) is 31.6 Å². The van der Waals surface area contributed by atoms with Crippen LogP contribution in [0, 0.1) is 6.92 Å². The van der Waals surface area contributed by atoms with E-state index < -0.39 is 0 Å². The topological polar surface area (TPSA) is 61.4 Å². The van der Waals surface area contributed by atoms with Gasteiger partial charge in [0.15, 0.2) is 0 Å². The molecule has 5 nitrogen and oxygen atoms in total. The minimum atomic E-state index is -0.0162. The molecule has 0 radical (unpaired) electrons. The van der Waals surface area contributed by atoms with Crippen LogP contribution in [0.3, 0.4) is 0 Å². The minimum Gasteiger partial charge on any atom is -0.385 e. The number of hydrogen-bond donors (Lipinski definition) is 2. The van der Waals surface area contributed by atoms with Gasteiger partial charge in [-0.05, 0) is 31.5 Å². The number of nitrogens with one attached hydrogen (secondary N) is 2. The number of hydrogen-bond acceptors (Lipinski definition) is 3. The van der Waals surface area contributed by atoms with Crippen molar-refractivity contribution in [3.05, 3.63) is 29.3 Å². The van der Waals surface area contributed by atoms with Crippen molar-refractivity contribution >= 4 is 17.5 Å². The first kappa shape index (κ1) is 14.4. The van der Waals surface area contributed by atoms with Crippen LogP contribution in [0.2, 0.25) is 0 Å². The van der Waals surface area contributed by atoms with E-state index in [4.69, 9.17) is 0 Å². The highest BCUT2D eigenvalue weighted by Gasteiger charge is 2.21. The molecule has 1 saturated heterocycles. The van der Waals surface area contributed by atoms with Crippen molar-refractivity contribution in [3.63, 3.8) is 0 Å². The molecule has 0 aromatic heterocycles. The van der Waals surface area contributed by atoms with Crippen molar-refractivity contribution in [1.82, 2.24) is 10.2 Å². The van der Waals surface area contributed by atoms with Gasteiger partial charge in [0.2, 0.25) is 5.91 Å².